The maximum Gasteiger partial charge on any atom is 0.282 e. The Kier molecular flexibility index (Phi) is 11.0. The van der Waals surface area contributed by atoms with Crippen LogP contribution in [0.5, 0.6) is 0 Å². The normalized spacial score (nSPS) is 12.2. The average Bonchev–Trinajstić information content (AvgIpc) is 1.43. The van der Waals surface area contributed by atoms with Gasteiger partial charge in [-0.1, -0.05) is 243 Å². The van der Waals surface area contributed by atoms with E-state index in [9.17, 15) is 0 Å². The molecular weight excluding hydrogens is 1170 g/mol. The van der Waals surface area contributed by atoms with Gasteiger partial charge < -0.3 is 13.6 Å². The quantitative estimate of drug-likeness (QED) is 0.142. The van der Waals surface area contributed by atoms with Crippen LogP contribution in [0.25, 0.3) is 188 Å². The van der Waals surface area contributed by atoms with Crippen LogP contribution in [0, 0.1) is 0 Å². The molecule has 0 saturated carbocycles. The molecule has 0 saturated heterocycles. The van der Waals surface area contributed by atoms with Crippen molar-refractivity contribution < 1.29 is 9.09 Å². The highest BCUT2D eigenvalue weighted by molar-refractivity contribution is 6.24. The number of nitrogens with zero attached hydrogens (tertiary/aromatic N) is 8. The fourth-order valence-electron chi connectivity index (χ4n) is 16.0. The number of hydrogen-bond acceptors (Lipinski definition) is 3. The second-order valence-corrected chi connectivity index (χ2v) is 25.0. The van der Waals surface area contributed by atoms with Gasteiger partial charge in [0.05, 0.1) is 55.4 Å². The molecule has 0 unspecified atom stereocenters. The van der Waals surface area contributed by atoms with E-state index in [1.54, 1.807) is 0 Å². The fraction of sp³-hybridized carbons (Fsp3) is 0. The molecule has 9 nitrogen and oxygen atoms in total. The molecule has 8 heterocycles. The van der Waals surface area contributed by atoms with Crippen LogP contribution in [-0.2, 0) is 0 Å². The SMILES string of the molecule is c1ccc(-c2cc(-c3c(-n4c5ccccc5c5ccccc54)c(-n4c5ccccc5c5ccccc54)[n+](-n4c5ccccc5c5c6oc7ccccc7c6ccc54)c(-n4c5ccccc5c5ccccc54)c3-n3c4ccccc4c4ccccc43)nc(-c3ccccc3)n2)cc1. The van der Waals surface area contributed by atoms with Crippen molar-refractivity contribution in [1.82, 2.24) is 32.9 Å². The van der Waals surface area contributed by atoms with E-state index in [1.807, 2.05) is 0 Å². The molecule has 13 aromatic carbocycles. The number of hydrogen-bond donors (Lipinski definition) is 0. The summed E-state index contributed by atoms with van der Waals surface area (Å²) in [6.45, 7) is 0. The van der Waals surface area contributed by atoms with E-state index in [0.717, 1.165) is 182 Å². The molecule has 0 aliphatic rings. The Morgan fingerprint density at radius 3 is 1.04 bits per heavy atom. The van der Waals surface area contributed by atoms with Crippen molar-refractivity contribution in [2.75, 3.05) is 0 Å². The maximum absolute atomic E-state index is 7.23. The molecule has 96 heavy (non-hydrogen) atoms. The number of aromatic nitrogens is 8. The highest BCUT2D eigenvalue weighted by atomic mass is 16.3. The van der Waals surface area contributed by atoms with Gasteiger partial charge >= 0.3 is 0 Å². The lowest BCUT2D eigenvalue weighted by Gasteiger charge is -2.28. The topological polar surface area (TPSA) is 67.4 Å². The van der Waals surface area contributed by atoms with Crippen molar-refractivity contribution in [3.05, 3.63) is 322 Å². The molecule has 0 bridgehead atoms. The van der Waals surface area contributed by atoms with Gasteiger partial charge in [0.2, 0.25) is 0 Å². The molecule has 0 atom stereocenters. The molecule has 0 aliphatic heterocycles. The molecule has 21 rings (SSSR count). The monoisotopic (exact) mass is 1230 g/mol. The van der Waals surface area contributed by atoms with Gasteiger partial charge in [-0.3, -0.25) is 0 Å². The van der Waals surface area contributed by atoms with Crippen LogP contribution in [-0.4, -0.2) is 32.9 Å². The number of furan rings is 1. The number of para-hydroxylation sites is 10. The average molecular weight is 1230 g/mol. The zero-order valence-electron chi connectivity index (χ0n) is 51.6. The van der Waals surface area contributed by atoms with Gasteiger partial charge in [0.25, 0.3) is 11.6 Å². The van der Waals surface area contributed by atoms with Gasteiger partial charge in [0.15, 0.2) is 5.82 Å². The molecule has 0 spiro atoms. The van der Waals surface area contributed by atoms with E-state index in [-0.39, 0.29) is 0 Å². The molecule has 9 heteroatoms. The minimum Gasteiger partial charge on any atom is -0.455 e. The first-order valence-corrected chi connectivity index (χ1v) is 32.7. The first kappa shape index (κ1) is 52.5. The third kappa shape index (κ3) is 7.30. The van der Waals surface area contributed by atoms with Gasteiger partial charge in [-0.05, 0) is 78.9 Å². The van der Waals surface area contributed by atoms with Gasteiger partial charge in [0, 0.05) is 70.4 Å². The molecule has 0 fully saturated rings. The van der Waals surface area contributed by atoms with Crippen LogP contribution in [0.4, 0.5) is 0 Å². The standard InChI is InChI=1S/C87H53N8O/c1-3-27-54(28-4-1)67-53-68(89-85(88-67)55-29-5-2-6-30-55)81-82(90-69-41-17-7-31-56(69)57-32-8-18-42-70(57)90)86(92-73-45-21-11-35-60(73)61-36-12-22-46-74(61)92)95(94-77-49-25-15-40-66(77)80-78(94)52-51-65-64-39-16-26-50-79(64)96-84(65)80)87(93-75-47-23-13-37-62(75)63-38-14-24-48-76(63)93)83(81)91-71-43-19-9-33-58(71)59-34-10-20-44-72(59)91/h1-53H/q+1. The van der Waals surface area contributed by atoms with Crippen LogP contribution in [0.1, 0.15) is 0 Å². The molecule has 0 amide bonds. The summed E-state index contributed by atoms with van der Waals surface area (Å²) >= 11 is 0. The Balaban J connectivity index is 1.15. The summed E-state index contributed by atoms with van der Waals surface area (Å²) in [6, 6.07) is 117. The van der Waals surface area contributed by atoms with Crippen molar-refractivity contribution in [2.24, 2.45) is 0 Å². The summed E-state index contributed by atoms with van der Waals surface area (Å²) in [4.78, 5) is 11.7. The van der Waals surface area contributed by atoms with E-state index in [0.29, 0.717) is 5.82 Å². The predicted octanol–water partition coefficient (Wildman–Crippen LogP) is 21.5. The summed E-state index contributed by atoms with van der Waals surface area (Å²) in [6.07, 6.45) is 0. The summed E-state index contributed by atoms with van der Waals surface area (Å²) < 4.78 is 22.6. The van der Waals surface area contributed by atoms with E-state index in [4.69, 9.17) is 14.4 Å². The van der Waals surface area contributed by atoms with Gasteiger partial charge in [-0.25, -0.2) is 19.1 Å². The van der Waals surface area contributed by atoms with Crippen LogP contribution < -0.4 is 4.68 Å². The summed E-state index contributed by atoms with van der Waals surface area (Å²) in [5, 5.41) is 13.1. The first-order chi connectivity index (χ1) is 47.7. The lowest BCUT2D eigenvalue weighted by Crippen LogP contribution is -2.51. The number of benzene rings is 13. The van der Waals surface area contributed by atoms with Crippen LogP contribution in [0.3, 0.4) is 0 Å². The maximum atomic E-state index is 7.23. The Bertz CT molecular complexity index is 6310. The molecule has 21 aromatic rings. The smallest absolute Gasteiger partial charge is 0.282 e. The predicted molar refractivity (Wildman–Crippen MR) is 393 cm³/mol. The molecule has 0 radical (unpaired) electrons. The van der Waals surface area contributed by atoms with E-state index in [1.165, 1.54) is 0 Å². The summed E-state index contributed by atoms with van der Waals surface area (Å²) in [7, 11) is 0. The van der Waals surface area contributed by atoms with Crippen molar-refractivity contribution in [3.63, 3.8) is 0 Å². The molecule has 446 valence electrons. The van der Waals surface area contributed by atoms with Crippen molar-refractivity contribution in [3.8, 4) is 56.9 Å². The Morgan fingerprint density at radius 1 is 0.260 bits per heavy atom. The third-order valence-electron chi connectivity index (χ3n) is 19.9. The van der Waals surface area contributed by atoms with Crippen LogP contribution >= 0.6 is 0 Å². The van der Waals surface area contributed by atoms with E-state index >= 15 is 0 Å². The molecule has 0 aliphatic carbocycles. The number of pyridine rings is 1. The molecule has 0 N–H and O–H groups in total. The van der Waals surface area contributed by atoms with Gasteiger partial charge in [-0.15, -0.1) is 4.68 Å². The Morgan fingerprint density at radius 2 is 0.604 bits per heavy atom. The van der Waals surface area contributed by atoms with Crippen LogP contribution in [0.2, 0.25) is 0 Å². The molecule has 8 aromatic heterocycles. The zero-order chi connectivity index (χ0) is 62.7. The Labute approximate surface area is 548 Å². The largest absolute Gasteiger partial charge is 0.455 e. The van der Waals surface area contributed by atoms with Gasteiger partial charge in [0.1, 0.15) is 44.6 Å². The minimum absolute atomic E-state index is 0.596. The van der Waals surface area contributed by atoms with Crippen LogP contribution in [0.15, 0.2) is 326 Å². The minimum atomic E-state index is 0.596. The number of rotatable bonds is 8. The van der Waals surface area contributed by atoms with Gasteiger partial charge in [-0.2, -0.15) is 4.68 Å². The van der Waals surface area contributed by atoms with Crippen molar-refractivity contribution in [2.45, 2.75) is 0 Å². The fourth-order valence-corrected chi connectivity index (χ4v) is 16.0. The zero-order valence-corrected chi connectivity index (χ0v) is 51.6. The third-order valence-corrected chi connectivity index (χ3v) is 19.9. The number of fused-ring (bicyclic) bond motifs is 19. The second kappa shape index (κ2) is 20.2. The first-order valence-electron chi connectivity index (χ1n) is 32.7. The molecular formula is C87H53N8O+. The summed E-state index contributed by atoms with van der Waals surface area (Å²) in [5.41, 5.74) is 17.8. The lowest BCUT2D eigenvalue weighted by molar-refractivity contribution is -0.708. The second-order valence-electron chi connectivity index (χ2n) is 25.0. The summed E-state index contributed by atoms with van der Waals surface area (Å²) in [5.74, 6) is 2.30. The van der Waals surface area contributed by atoms with E-state index < -0.39 is 0 Å². The van der Waals surface area contributed by atoms with E-state index in [2.05, 4.69) is 349 Å². The lowest BCUT2D eigenvalue weighted by atomic mass is 10.0. The Hall–Kier alpha value is -13.1. The highest BCUT2D eigenvalue weighted by Crippen LogP contribution is 2.50. The van der Waals surface area contributed by atoms with Crippen molar-refractivity contribution in [1.29, 1.82) is 0 Å². The highest BCUT2D eigenvalue weighted by Gasteiger charge is 2.42. The van der Waals surface area contributed by atoms with Crippen molar-refractivity contribution >= 4 is 131 Å².